The van der Waals surface area contributed by atoms with Gasteiger partial charge < -0.3 is 14.7 Å². The molecule has 1 aromatic carbocycles. The minimum atomic E-state index is -4.42. The molecule has 0 aromatic heterocycles. The predicted octanol–water partition coefficient (Wildman–Crippen LogP) is 3.90. The van der Waals surface area contributed by atoms with Crippen molar-refractivity contribution in [2.24, 2.45) is 17.3 Å². The molecule has 2 aliphatic rings. The zero-order chi connectivity index (χ0) is 20.5. The number of carbonyl (C=O) groups is 1. The number of alkyl halides is 3. The van der Waals surface area contributed by atoms with Crippen LogP contribution >= 0.6 is 0 Å². The van der Waals surface area contributed by atoms with Crippen molar-refractivity contribution in [1.82, 2.24) is 4.90 Å². The van der Waals surface area contributed by atoms with Crippen molar-refractivity contribution < 1.29 is 27.8 Å². The van der Waals surface area contributed by atoms with E-state index in [2.05, 4.69) is 0 Å². The van der Waals surface area contributed by atoms with Gasteiger partial charge in [-0.3, -0.25) is 4.79 Å². The molecule has 0 unspecified atom stereocenters. The van der Waals surface area contributed by atoms with Crippen LogP contribution in [0.25, 0.3) is 0 Å². The highest BCUT2D eigenvalue weighted by Crippen LogP contribution is 2.53. The van der Waals surface area contributed by atoms with Gasteiger partial charge in [-0.25, -0.2) is 0 Å². The van der Waals surface area contributed by atoms with E-state index in [9.17, 15) is 23.1 Å². The van der Waals surface area contributed by atoms with Crippen molar-refractivity contribution in [3.05, 3.63) is 29.3 Å². The Bertz CT molecular complexity index is 705. The lowest BCUT2D eigenvalue weighted by atomic mass is 9.56. The molecule has 1 N–H and O–H groups in total. The quantitative estimate of drug-likeness (QED) is 0.757. The van der Waals surface area contributed by atoms with Gasteiger partial charge >= 0.3 is 6.18 Å². The molecule has 1 spiro atoms. The summed E-state index contributed by atoms with van der Waals surface area (Å²) in [5.74, 6) is 0.0390. The summed E-state index contributed by atoms with van der Waals surface area (Å²) in [4.78, 5) is 14.2. The first-order chi connectivity index (χ1) is 13.2. The molecule has 1 heterocycles. The number of aliphatic hydroxyl groups is 1. The van der Waals surface area contributed by atoms with Crippen LogP contribution in [-0.2, 0) is 17.4 Å². The molecule has 28 heavy (non-hydrogen) atoms. The molecule has 7 heteroatoms. The number of halogens is 3. The van der Waals surface area contributed by atoms with Crippen LogP contribution < -0.4 is 4.74 Å². The second-order valence-electron chi connectivity index (χ2n) is 8.37. The third-order valence-electron chi connectivity index (χ3n) is 6.11. The number of hydrogen-bond donors (Lipinski definition) is 1. The Kier molecular flexibility index (Phi) is 5.94. The Morgan fingerprint density at radius 3 is 2.57 bits per heavy atom. The van der Waals surface area contributed by atoms with Gasteiger partial charge in [0.15, 0.2) is 0 Å². The maximum Gasteiger partial charge on any atom is 0.419 e. The molecule has 1 aliphatic heterocycles. The van der Waals surface area contributed by atoms with Crippen LogP contribution in [0.5, 0.6) is 5.75 Å². The van der Waals surface area contributed by atoms with E-state index < -0.39 is 11.7 Å². The van der Waals surface area contributed by atoms with Crippen molar-refractivity contribution in [2.75, 3.05) is 26.8 Å². The minimum Gasteiger partial charge on any atom is -0.496 e. The lowest BCUT2D eigenvalue weighted by Crippen LogP contribution is -2.65. The molecule has 1 saturated carbocycles. The molecule has 1 amide bonds. The van der Waals surface area contributed by atoms with Gasteiger partial charge in [-0.15, -0.1) is 0 Å². The standard InChI is InChI=1S/C21H28F3NO3/c1-3-4-16(11-26)19(27)25-12-20(13-25)9-15(10-20)7-14-5-6-17(21(22,23)24)18(8-14)28-2/h5-6,8,15-16,26H,3-4,7,9-13H2,1-2H3/t16-/m1/s1. The molecule has 3 rings (SSSR count). The minimum absolute atomic E-state index is 0.0471. The van der Waals surface area contributed by atoms with Gasteiger partial charge in [0.2, 0.25) is 5.91 Å². The molecular weight excluding hydrogens is 371 g/mol. The molecule has 0 radical (unpaired) electrons. The van der Waals surface area contributed by atoms with E-state index >= 15 is 0 Å². The lowest BCUT2D eigenvalue weighted by molar-refractivity contribution is -0.160. The number of benzene rings is 1. The summed E-state index contributed by atoms with van der Waals surface area (Å²) < 4.78 is 43.8. The van der Waals surface area contributed by atoms with Crippen molar-refractivity contribution in [3.63, 3.8) is 0 Å². The molecule has 2 fully saturated rings. The maximum absolute atomic E-state index is 13.0. The third-order valence-corrected chi connectivity index (χ3v) is 6.11. The van der Waals surface area contributed by atoms with Crippen LogP contribution in [0.3, 0.4) is 0 Å². The SMILES string of the molecule is CCC[C@H](CO)C(=O)N1CC2(CC(Cc3ccc(C(F)(F)F)c(OC)c3)C2)C1. The topological polar surface area (TPSA) is 49.8 Å². The van der Waals surface area contributed by atoms with E-state index in [1.54, 1.807) is 0 Å². The second kappa shape index (κ2) is 7.93. The fraction of sp³-hybridized carbons (Fsp3) is 0.667. The summed E-state index contributed by atoms with van der Waals surface area (Å²) in [7, 11) is 1.25. The lowest BCUT2D eigenvalue weighted by Gasteiger charge is -2.59. The van der Waals surface area contributed by atoms with Crippen molar-refractivity contribution in [1.29, 1.82) is 0 Å². The highest BCUT2D eigenvalue weighted by molar-refractivity contribution is 5.80. The van der Waals surface area contributed by atoms with Crippen LogP contribution in [-0.4, -0.2) is 42.7 Å². The van der Waals surface area contributed by atoms with Crippen LogP contribution in [0, 0.1) is 17.3 Å². The molecule has 4 nitrogen and oxygen atoms in total. The summed E-state index contributed by atoms with van der Waals surface area (Å²) in [5.41, 5.74) is 0.269. The highest BCUT2D eigenvalue weighted by atomic mass is 19.4. The van der Waals surface area contributed by atoms with Gasteiger partial charge in [-0.05, 0) is 49.3 Å². The van der Waals surface area contributed by atoms with Crippen molar-refractivity contribution in [2.45, 2.75) is 45.2 Å². The van der Waals surface area contributed by atoms with Gasteiger partial charge in [0, 0.05) is 18.5 Å². The molecular formula is C21H28F3NO3. The Morgan fingerprint density at radius 1 is 1.36 bits per heavy atom. The van der Waals surface area contributed by atoms with E-state index in [0.717, 1.165) is 50.4 Å². The number of amides is 1. The second-order valence-corrected chi connectivity index (χ2v) is 8.37. The van der Waals surface area contributed by atoms with E-state index in [1.807, 2.05) is 11.8 Å². The number of carbonyl (C=O) groups excluding carboxylic acids is 1. The Labute approximate surface area is 163 Å². The molecule has 156 valence electrons. The zero-order valence-electron chi connectivity index (χ0n) is 16.4. The van der Waals surface area contributed by atoms with E-state index in [-0.39, 0.29) is 29.6 Å². The van der Waals surface area contributed by atoms with Gasteiger partial charge in [0.1, 0.15) is 5.75 Å². The summed E-state index contributed by atoms with van der Waals surface area (Å²) >= 11 is 0. The monoisotopic (exact) mass is 399 g/mol. The number of nitrogens with zero attached hydrogens (tertiary/aromatic N) is 1. The van der Waals surface area contributed by atoms with Crippen LogP contribution in [0.2, 0.25) is 0 Å². The number of rotatable bonds is 7. The zero-order valence-corrected chi connectivity index (χ0v) is 16.4. The number of hydrogen-bond acceptors (Lipinski definition) is 3. The number of methoxy groups -OCH3 is 1. The van der Waals surface area contributed by atoms with Gasteiger partial charge in [-0.2, -0.15) is 13.2 Å². The fourth-order valence-electron chi connectivity index (χ4n) is 4.82. The van der Waals surface area contributed by atoms with Crippen molar-refractivity contribution >= 4 is 5.91 Å². The molecule has 1 saturated heterocycles. The summed E-state index contributed by atoms with van der Waals surface area (Å²) in [6.45, 7) is 3.37. The van der Waals surface area contributed by atoms with E-state index in [4.69, 9.17) is 4.74 Å². The predicted molar refractivity (Wildman–Crippen MR) is 98.9 cm³/mol. The first kappa shape index (κ1) is 21.0. The van der Waals surface area contributed by atoms with Crippen LogP contribution in [0.1, 0.15) is 43.7 Å². The normalized spacial score (nSPS) is 19.9. The molecule has 1 atom stereocenters. The van der Waals surface area contributed by atoms with E-state index in [0.29, 0.717) is 12.3 Å². The van der Waals surface area contributed by atoms with Crippen LogP contribution in [0.4, 0.5) is 13.2 Å². The molecule has 1 aromatic rings. The van der Waals surface area contributed by atoms with Crippen molar-refractivity contribution in [3.8, 4) is 5.75 Å². The van der Waals surface area contributed by atoms with Gasteiger partial charge in [0.05, 0.1) is 25.2 Å². The maximum atomic E-state index is 13.0. The van der Waals surface area contributed by atoms with Gasteiger partial charge in [-0.1, -0.05) is 19.4 Å². The summed E-state index contributed by atoms with van der Waals surface area (Å²) in [6.07, 6.45) is -0.156. The Hall–Kier alpha value is -1.76. The Balaban J connectivity index is 1.51. The van der Waals surface area contributed by atoms with Crippen LogP contribution in [0.15, 0.2) is 18.2 Å². The van der Waals surface area contributed by atoms with Gasteiger partial charge in [0.25, 0.3) is 0 Å². The Morgan fingerprint density at radius 2 is 2.04 bits per heavy atom. The number of aliphatic hydroxyl groups excluding tert-OH is 1. The fourth-order valence-corrected chi connectivity index (χ4v) is 4.82. The summed E-state index contributed by atoms with van der Waals surface area (Å²) in [5, 5.41) is 9.39. The average molecular weight is 399 g/mol. The first-order valence-electron chi connectivity index (χ1n) is 9.85. The third kappa shape index (κ3) is 4.14. The highest BCUT2D eigenvalue weighted by Gasteiger charge is 2.53. The number of ether oxygens (including phenoxy) is 1. The van der Waals surface area contributed by atoms with E-state index in [1.165, 1.54) is 19.2 Å². The molecule has 0 bridgehead atoms. The summed E-state index contributed by atoms with van der Waals surface area (Å²) in [6, 6.07) is 4.11. The first-order valence-corrected chi connectivity index (χ1v) is 9.85. The largest absolute Gasteiger partial charge is 0.496 e. The smallest absolute Gasteiger partial charge is 0.419 e. The molecule has 1 aliphatic carbocycles. The average Bonchev–Trinajstić information content (AvgIpc) is 2.58. The number of likely N-dealkylation sites (tertiary alicyclic amines) is 1.